The molecule has 2 unspecified atom stereocenters. The zero-order valence-corrected chi connectivity index (χ0v) is 55.3. The first kappa shape index (κ1) is 66.9. The Bertz CT molecular complexity index is 3990. The van der Waals surface area contributed by atoms with Crippen molar-refractivity contribution in [1.29, 1.82) is 0 Å². The summed E-state index contributed by atoms with van der Waals surface area (Å²) in [5, 5.41) is 102. The van der Waals surface area contributed by atoms with E-state index in [0.717, 1.165) is 23.1 Å². The minimum absolute atomic E-state index is 0.00307. The SMILES string of the molecule is CC1(C)CC(Nc2ncc(-c3ccc(-c4ncns4)cc3O)nn2)[C@H](F)C(C)(C)N1.CN(c1ncc(-c2ccc(-c3cn[nH]c3)cc2O)nn1)C1CC(C)(C)NC(C)(C)[C@H]1CO.Cn1nnc(-c2ccc(-c3cnc(N[C@H]4CC(C)(C)NC(C)(C)[C@H]4F)nn3)c(O)c2)n1. The number of rotatable bonds is 13. The van der Waals surface area contributed by atoms with Gasteiger partial charge in [0, 0.05) is 98.4 Å². The number of aromatic hydroxyl groups is 3. The number of aromatic amines is 1. The lowest BCUT2D eigenvalue weighted by Gasteiger charge is -2.53. The Hall–Kier alpha value is -8.97. The molecule has 0 radical (unpaired) electrons. The van der Waals surface area contributed by atoms with E-state index < -0.39 is 35.5 Å². The van der Waals surface area contributed by atoms with E-state index in [2.05, 4.69) is 135 Å². The third-order valence-corrected chi connectivity index (χ3v) is 17.7. The number of aliphatic hydroxyl groups excluding tert-OH is 1. The molecule has 9 heterocycles. The largest absolute Gasteiger partial charge is 0.507 e. The fraction of sp³-hybridized carbons (Fsp3) is 0.476. The number of aliphatic hydroxyl groups is 1. The van der Waals surface area contributed by atoms with Gasteiger partial charge < -0.3 is 51.9 Å². The molecule has 492 valence electrons. The molecule has 27 nitrogen and oxygen atoms in total. The number of tetrazole rings is 1. The van der Waals surface area contributed by atoms with Gasteiger partial charge in [-0.1, -0.05) is 18.2 Å². The number of halogens is 2. The van der Waals surface area contributed by atoms with Crippen molar-refractivity contribution in [3.63, 3.8) is 0 Å². The number of hydrogen-bond donors (Lipinski definition) is 10. The molecule has 0 bridgehead atoms. The van der Waals surface area contributed by atoms with E-state index in [1.54, 1.807) is 62.0 Å². The number of aryl methyl sites for hydroxylation is 1. The van der Waals surface area contributed by atoms with Crippen LogP contribution in [0.1, 0.15) is 102 Å². The lowest BCUT2D eigenvalue weighted by Crippen LogP contribution is -2.68. The molecule has 12 rings (SSSR count). The van der Waals surface area contributed by atoms with Gasteiger partial charge in [-0.05, 0) is 161 Å². The van der Waals surface area contributed by atoms with Crippen LogP contribution in [-0.4, -0.2) is 183 Å². The van der Waals surface area contributed by atoms with Gasteiger partial charge in [-0.2, -0.15) is 14.3 Å². The van der Waals surface area contributed by atoms with Crippen LogP contribution < -0.4 is 31.5 Å². The number of aromatic nitrogens is 17. The van der Waals surface area contributed by atoms with Gasteiger partial charge in [0.05, 0.1) is 43.9 Å². The van der Waals surface area contributed by atoms with E-state index in [1.165, 1.54) is 41.1 Å². The van der Waals surface area contributed by atoms with Gasteiger partial charge >= 0.3 is 0 Å². The van der Waals surface area contributed by atoms with E-state index in [9.17, 15) is 29.2 Å². The summed E-state index contributed by atoms with van der Waals surface area (Å²) in [5.41, 5.74) is 3.81. The topological polar surface area (TPSA) is 358 Å². The highest BCUT2D eigenvalue weighted by atomic mass is 32.1. The molecule has 0 aliphatic carbocycles. The predicted octanol–water partition coefficient (Wildman–Crippen LogP) is 8.13. The average Bonchev–Trinajstić information content (AvgIpc) is 1.11. The van der Waals surface area contributed by atoms with Crippen LogP contribution in [0.15, 0.2) is 91.9 Å². The van der Waals surface area contributed by atoms with Crippen LogP contribution in [0, 0.1) is 5.92 Å². The molecule has 3 aliphatic heterocycles. The maximum absolute atomic E-state index is 15.0. The molecular formula is C63H81F2N23O4S. The van der Waals surface area contributed by atoms with Crippen molar-refractivity contribution in [2.45, 2.75) is 166 Å². The Morgan fingerprint density at radius 1 is 0.581 bits per heavy atom. The normalized spacial score (nSPS) is 22.2. The summed E-state index contributed by atoms with van der Waals surface area (Å²) in [5.74, 6) is 1.53. The highest BCUT2D eigenvalue weighted by Crippen LogP contribution is 2.40. The Morgan fingerprint density at radius 3 is 1.51 bits per heavy atom. The number of nitrogens with one attached hydrogen (secondary N) is 6. The molecule has 0 spiro atoms. The van der Waals surface area contributed by atoms with Gasteiger partial charge in [0.15, 0.2) is 0 Å². The van der Waals surface area contributed by atoms with Gasteiger partial charge in [-0.15, -0.1) is 40.8 Å². The minimum Gasteiger partial charge on any atom is -0.507 e. The molecule has 93 heavy (non-hydrogen) atoms. The zero-order valence-electron chi connectivity index (χ0n) is 54.5. The fourth-order valence-corrected chi connectivity index (χ4v) is 13.8. The summed E-state index contributed by atoms with van der Waals surface area (Å²) in [7, 11) is 3.61. The average molecular weight is 1290 g/mol. The molecule has 0 saturated carbocycles. The number of anilines is 3. The zero-order chi connectivity index (χ0) is 67.0. The molecule has 3 aromatic carbocycles. The van der Waals surface area contributed by atoms with Gasteiger partial charge in [-0.3, -0.25) is 5.10 Å². The monoisotopic (exact) mass is 1290 g/mol. The standard InChI is InChI=1S/C23H31N7O2.C20H26FN9O.C20H24FN7OS/c1-22(2)9-19(17(13-31)23(3,4)29-22)30(5)21-24-12-18(27-28-21)16-7-6-14(8-20(16)32)15-10-25-26-11-15;1-19(2)9-13(16(21)20(3,4)28-19)23-18-22-10-14(24-26-18)12-7-6-11(8-15(12)31)17-25-29-30(5)27-17;1-19(2)8-13(16(21)20(3,4)28-19)25-18-22-9-14(26-27-18)12-6-5-11(7-15(12)29)17-23-10-24-30-17/h6-8,10-12,17,19,29,31-32H,9,13H2,1-5H3,(H,25,26);6-8,10,13,16,28,31H,9H2,1-5H3,(H,22,23,26);5-7,9-10,13,16,28-29H,8H2,1-4H3,(H,22,25,27)/t17-,19?;13-,16-;13?,16-/m000/s1. The third-order valence-electron chi connectivity index (χ3n) is 17.0. The molecule has 3 aliphatic rings. The van der Waals surface area contributed by atoms with Gasteiger partial charge in [0.2, 0.25) is 23.7 Å². The van der Waals surface area contributed by atoms with Crippen molar-refractivity contribution in [3.8, 4) is 84.1 Å². The number of alkyl halides is 2. The number of piperidine rings is 3. The first-order valence-corrected chi connectivity index (χ1v) is 31.2. The molecule has 6 aromatic heterocycles. The van der Waals surface area contributed by atoms with Gasteiger partial charge in [-0.25, -0.2) is 28.7 Å². The number of phenols is 3. The molecular weight excluding hydrogens is 1210 g/mol. The lowest BCUT2D eigenvalue weighted by atomic mass is 9.71. The van der Waals surface area contributed by atoms with Crippen LogP contribution >= 0.6 is 11.5 Å². The smallest absolute Gasteiger partial charge is 0.245 e. The summed E-state index contributed by atoms with van der Waals surface area (Å²) >= 11 is 1.25. The number of benzene rings is 3. The molecule has 3 saturated heterocycles. The van der Waals surface area contributed by atoms with Crippen LogP contribution in [0.4, 0.5) is 26.6 Å². The van der Waals surface area contributed by atoms with Crippen molar-refractivity contribution in [1.82, 2.24) is 101 Å². The van der Waals surface area contributed by atoms with Gasteiger partial charge in [0.1, 0.15) is 58.0 Å². The Labute approximate surface area is 541 Å². The van der Waals surface area contributed by atoms with Crippen LogP contribution in [0.25, 0.3) is 66.9 Å². The predicted molar refractivity (Wildman–Crippen MR) is 350 cm³/mol. The number of H-pyrrole nitrogens is 1. The van der Waals surface area contributed by atoms with Crippen LogP contribution in [0.3, 0.4) is 0 Å². The van der Waals surface area contributed by atoms with E-state index in [1.807, 2.05) is 79.5 Å². The highest BCUT2D eigenvalue weighted by Gasteiger charge is 2.49. The lowest BCUT2D eigenvalue weighted by molar-refractivity contribution is 0.0463. The van der Waals surface area contributed by atoms with Crippen molar-refractivity contribution in [2.24, 2.45) is 13.0 Å². The van der Waals surface area contributed by atoms with E-state index in [0.29, 0.717) is 69.0 Å². The summed E-state index contributed by atoms with van der Waals surface area (Å²) in [6.07, 6.45) is 9.30. The Morgan fingerprint density at radius 2 is 1.06 bits per heavy atom. The third kappa shape index (κ3) is 15.4. The first-order chi connectivity index (χ1) is 43.8. The summed E-state index contributed by atoms with van der Waals surface area (Å²) < 4.78 is 33.9. The molecule has 3 fully saturated rings. The summed E-state index contributed by atoms with van der Waals surface area (Å²) in [4.78, 5) is 20.6. The highest BCUT2D eigenvalue weighted by molar-refractivity contribution is 7.09. The molecule has 30 heteroatoms. The van der Waals surface area contributed by atoms with E-state index >= 15 is 0 Å². The van der Waals surface area contributed by atoms with Gasteiger partial charge in [0.25, 0.3) is 0 Å². The maximum atomic E-state index is 15.0. The summed E-state index contributed by atoms with van der Waals surface area (Å²) in [6, 6.07) is 14.7. The fourth-order valence-electron chi connectivity index (χ4n) is 13.2. The minimum atomic E-state index is -1.13. The van der Waals surface area contributed by atoms with Crippen molar-refractivity contribution < 1.29 is 29.2 Å². The second-order valence-electron chi connectivity index (χ2n) is 27.6. The van der Waals surface area contributed by atoms with Crippen LogP contribution in [-0.2, 0) is 7.05 Å². The van der Waals surface area contributed by atoms with E-state index in [-0.39, 0.29) is 69.9 Å². The van der Waals surface area contributed by atoms with E-state index in [4.69, 9.17) is 0 Å². The van der Waals surface area contributed by atoms with Crippen LogP contribution in [0.5, 0.6) is 17.2 Å². The van der Waals surface area contributed by atoms with Crippen molar-refractivity contribution in [3.05, 3.63) is 91.9 Å². The molecule has 10 N–H and O–H groups in total. The Balaban J connectivity index is 0.000000153. The van der Waals surface area contributed by atoms with Crippen LogP contribution in [0.2, 0.25) is 0 Å². The summed E-state index contributed by atoms with van der Waals surface area (Å²) in [6.45, 7) is 24.2. The maximum Gasteiger partial charge on any atom is 0.245 e. The van der Waals surface area contributed by atoms with Crippen molar-refractivity contribution in [2.75, 3.05) is 29.2 Å². The molecule has 9 aromatic rings. The number of hydrogen-bond acceptors (Lipinski definition) is 26. The number of phenolic OH excluding ortho intramolecular Hbond substituents is 3. The second kappa shape index (κ2) is 26.2. The Kier molecular flexibility index (Phi) is 18.9. The number of nitrogens with zero attached hydrogens (tertiary/aromatic N) is 17. The first-order valence-electron chi connectivity index (χ1n) is 30.4. The second-order valence-corrected chi connectivity index (χ2v) is 28.4. The molecule has 6 atom stereocenters. The molecule has 0 amide bonds. The quantitative estimate of drug-likeness (QED) is 0.0520. The van der Waals surface area contributed by atoms with Crippen molar-refractivity contribution >= 4 is 29.4 Å².